The van der Waals surface area contributed by atoms with Crippen LogP contribution in [0, 0.1) is 0 Å². The number of aliphatic hydroxyl groups is 1. The molecule has 2 aromatic rings. The molecule has 2 rings (SSSR count). The van der Waals surface area contributed by atoms with Crippen molar-refractivity contribution in [3.63, 3.8) is 0 Å². The molecular weight excluding hydrogens is 262 g/mol. The van der Waals surface area contributed by atoms with Gasteiger partial charge in [-0.2, -0.15) is 0 Å². The summed E-state index contributed by atoms with van der Waals surface area (Å²) in [7, 11) is 3.22. The van der Waals surface area contributed by atoms with Crippen molar-refractivity contribution in [3.8, 4) is 0 Å². The third kappa shape index (κ3) is 1.75. The van der Waals surface area contributed by atoms with Crippen LogP contribution in [-0.2, 0) is 11.8 Å². The van der Waals surface area contributed by atoms with E-state index in [9.17, 15) is 5.11 Å². The van der Waals surface area contributed by atoms with Gasteiger partial charge in [0, 0.05) is 24.2 Å². The molecule has 0 saturated heterocycles. The fourth-order valence-corrected chi connectivity index (χ4v) is 1.97. The smallest absolute Gasteiger partial charge is 0.183 e. The lowest BCUT2D eigenvalue weighted by Crippen LogP contribution is -2.03. The van der Waals surface area contributed by atoms with Gasteiger partial charge in [0.2, 0.25) is 0 Å². The SMILES string of the molecule is COC(O)c1cc(Br)cc2nnn(C)c12. The molecule has 0 amide bonds. The molecule has 0 aliphatic heterocycles. The standard InChI is InChI=1S/C9H10BrN3O2/c1-13-8-6(9(14)15-2)3-5(10)4-7(8)11-12-13/h3-4,9,14H,1-2H3. The normalized spacial score (nSPS) is 13.3. The van der Waals surface area contributed by atoms with Crippen molar-refractivity contribution >= 4 is 27.0 Å². The van der Waals surface area contributed by atoms with E-state index in [1.54, 1.807) is 17.8 Å². The lowest BCUT2D eigenvalue weighted by molar-refractivity contribution is -0.0761. The quantitative estimate of drug-likeness (QED) is 0.839. The Hall–Kier alpha value is -0.980. The van der Waals surface area contributed by atoms with Gasteiger partial charge in [0.1, 0.15) is 5.52 Å². The van der Waals surface area contributed by atoms with Gasteiger partial charge >= 0.3 is 0 Å². The summed E-state index contributed by atoms with van der Waals surface area (Å²) in [6, 6.07) is 3.63. The molecule has 0 aliphatic rings. The Labute approximate surface area is 94.8 Å². The molecule has 0 saturated carbocycles. The average molecular weight is 272 g/mol. The lowest BCUT2D eigenvalue weighted by Gasteiger charge is -2.10. The second kappa shape index (κ2) is 3.88. The van der Waals surface area contributed by atoms with E-state index in [2.05, 4.69) is 26.2 Å². The fraction of sp³-hybridized carbons (Fsp3) is 0.333. The zero-order chi connectivity index (χ0) is 11.0. The maximum Gasteiger partial charge on any atom is 0.183 e. The van der Waals surface area contributed by atoms with Crippen LogP contribution in [0.4, 0.5) is 0 Å². The maximum atomic E-state index is 9.68. The molecule has 0 bridgehead atoms. The van der Waals surface area contributed by atoms with Crippen LogP contribution < -0.4 is 0 Å². The molecule has 5 nitrogen and oxygen atoms in total. The van der Waals surface area contributed by atoms with Gasteiger partial charge in [-0.1, -0.05) is 21.1 Å². The minimum atomic E-state index is -0.970. The number of hydrogen-bond acceptors (Lipinski definition) is 4. The molecular formula is C9H10BrN3O2. The molecule has 1 unspecified atom stereocenters. The van der Waals surface area contributed by atoms with Crippen LogP contribution in [0.3, 0.4) is 0 Å². The molecule has 6 heteroatoms. The van der Waals surface area contributed by atoms with Gasteiger partial charge in [0.15, 0.2) is 6.29 Å². The van der Waals surface area contributed by atoms with Gasteiger partial charge < -0.3 is 9.84 Å². The van der Waals surface area contributed by atoms with Gasteiger partial charge in [-0.3, -0.25) is 0 Å². The van der Waals surface area contributed by atoms with Gasteiger partial charge in [-0.05, 0) is 12.1 Å². The number of nitrogens with zero attached hydrogens (tertiary/aromatic N) is 3. The van der Waals surface area contributed by atoms with E-state index in [1.165, 1.54) is 7.11 Å². The molecule has 1 heterocycles. The number of fused-ring (bicyclic) bond motifs is 1. The number of ether oxygens (including phenoxy) is 1. The highest BCUT2D eigenvalue weighted by Crippen LogP contribution is 2.27. The predicted molar refractivity (Wildman–Crippen MR) is 58.2 cm³/mol. The average Bonchev–Trinajstić information content (AvgIpc) is 2.58. The largest absolute Gasteiger partial charge is 0.364 e. The number of methoxy groups -OCH3 is 1. The second-order valence-electron chi connectivity index (χ2n) is 3.16. The van der Waals surface area contributed by atoms with Crippen molar-refractivity contribution < 1.29 is 9.84 Å². The van der Waals surface area contributed by atoms with Crippen molar-refractivity contribution in [2.45, 2.75) is 6.29 Å². The highest BCUT2D eigenvalue weighted by molar-refractivity contribution is 9.10. The number of benzene rings is 1. The highest BCUT2D eigenvalue weighted by Gasteiger charge is 2.15. The van der Waals surface area contributed by atoms with Crippen molar-refractivity contribution in [2.24, 2.45) is 7.05 Å². The highest BCUT2D eigenvalue weighted by atomic mass is 79.9. The first kappa shape index (κ1) is 10.5. The third-order valence-electron chi connectivity index (χ3n) is 2.18. The van der Waals surface area contributed by atoms with Gasteiger partial charge in [-0.25, -0.2) is 4.68 Å². The Morgan fingerprint density at radius 2 is 2.27 bits per heavy atom. The zero-order valence-corrected chi connectivity index (χ0v) is 9.89. The van der Waals surface area contributed by atoms with Crippen LogP contribution in [0.1, 0.15) is 11.9 Å². The van der Waals surface area contributed by atoms with Crippen LogP contribution in [0.2, 0.25) is 0 Å². The summed E-state index contributed by atoms with van der Waals surface area (Å²) in [5.41, 5.74) is 2.14. The summed E-state index contributed by atoms with van der Waals surface area (Å²) in [6.45, 7) is 0. The molecule has 80 valence electrons. The lowest BCUT2D eigenvalue weighted by atomic mass is 10.1. The van der Waals surface area contributed by atoms with Crippen LogP contribution in [0.15, 0.2) is 16.6 Å². The van der Waals surface area contributed by atoms with E-state index in [-0.39, 0.29) is 0 Å². The molecule has 0 fully saturated rings. The molecule has 0 spiro atoms. The number of halogens is 1. The predicted octanol–water partition coefficient (Wildman–Crippen LogP) is 1.37. The van der Waals surface area contributed by atoms with E-state index in [1.807, 2.05) is 6.07 Å². The maximum absolute atomic E-state index is 9.68. The number of aliphatic hydroxyl groups excluding tert-OH is 1. The van der Waals surface area contributed by atoms with Crippen molar-refractivity contribution in [1.82, 2.24) is 15.0 Å². The second-order valence-corrected chi connectivity index (χ2v) is 4.08. The van der Waals surface area contributed by atoms with Gasteiger partial charge in [-0.15, -0.1) is 5.10 Å². The molecule has 0 radical (unpaired) electrons. The Balaban J connectivity index is 2.74. The van der Waals surface area contributed by atoms with Crippen molar-refractivity contribution in [1.29, 1.82) is 0 Å². The zero-order valence-electron chi connectivity index (χ0n) is 8.31. The number of rotatable bonds is 2. The molecule has 15 heavy (non-hydrogen) atoms. The first-order valence-electron chi connectivity index (χ1n) is 4.33. The first-order valence-corrected chi connectivity index (χ1v) is 5.12. The Kier molecular flexibility index (Phi) is 2.72. The van der Waals surface area contributed by atoms with Crippen LogP contribution in [-0.4, -0.2) is 27.2 Å². The van der Waals surface area contributed by atoms with Crippen LogP contribution in [0.5, 0.6) is 0 Å². The Morgan fingerprint density at radius 3 is 2.93 bits per heavy atom. The summed E-state index contributed by atoms with van der Waals surface area (Å²) in [5.74, 6) is 0. The van der Waals surface area contributed by atoms with Crippen molar-refractivity contribution in [2.75, 3.05) is 7.11 Å². The third-order valence-corrected chi connectivity index (χ3v) is 2.64. The number of hydrogen-bond donors (Lipinski definition) is 1. The van der Waals surface area contributed by atoms with Gasteiger partial charge in [0.05, 0.1) is 5.52 Å². The van der Waals surface area contributed by atoms with E-state index in [0.717, 1.165) is 15.5 Å². The van der Waals surface area contributed by atoms with E-state index in [0.29, 0.717) is 5.56 Å². The molecule has 1 N–H and O–H groups in total. The summed E-state index contributed by atoms with van der Waals surface area (Å²) in [4.78, 5) is 0. The minimum Gasteiger partial charge on any atom is -0.364 e. The first-order chi connectivity index (χ1) is 7.13. The molecule has 1 aromatic carbocycles. The minimum absolute atomic E-state index is 0.648. The summed E-state index contributed by atoms with van der Waals surface area (Å²) < 4.78 is 7.33. The molecule has 1 atom stereocenters. The molecule has 0 aliphatic carbocycles. The summed E-state index contributed by atoms with van der Waals surface area (Å²) >= 11 is 3.35. The van der Waals surface area contributed by atoms with E-state index < -0.39 is 6.29 Å². The van der Waals surface area contributed by atoms with Crippen LogP contribution >= 0.6 is 15.9 Å². The van der Waals surface area contributed by atoms with E-state index >= 15 is 0 Å². The Bertz CT molecular complexity index is 497. The summed E-state index contributed by atoms with van der Waals surface area (Å²) in [5, 5.41) is 17.5. The number of aromatic nitrogens is 3. The number of aryl methyl sites for hydroxylation is 1. The van der Waals surface area contributed by atoms with E-state index in [4.69, 9.17) is 4.74 Å². The van der Waals surface area contributed by atoms with Crippen LogP contribution in [0.25, 0.3) is 11.0 Å². The monoisotopic (exact) mass is 271 g/mol. The topological polar surface area (TPSA) is 60.2 Å². The van der Waals surface area contributed by atoms with Gasteiger partial charge in [0.25, 0.3) is 0 Å². The van der Waals surface area contributed by atoms with Crippen molar-refractivity contribution in [3.05, 3.63) is 22.2 Å². The fourth-order valence-electron chi connectivity index (χ4n) is 1.51. The Morgan fingerprint density at radius 1 is 1.53 bits per heavy atom. The molecule has 1 aromatic heterocycles. The summed E-state index contributed by atoms with van der Waals surface area (Å²) in [6.07, 6.45) is -0.970.